The van der Waals surface area contributed by atoms with Crippen molar-refractivity contribution in [3.05, 3.63) is 17.5 Å². The van der Waals surface area contributed by atoms with Crippen LogP contribution in [0.25, 0.3) is 0 Å². The van der Waals surface area contributed by atoms with Gasteiger partial charge in [0, 0.05) is 34.2 Å². The number of fused-ring (bicyclic) bond motifs is 1. The van der Waals surface area contributed by atoms with Gasteiger partial charge in [0.05, 0.1) is 11.9 Å². The first-order valence-electron chi connectivity index (χ1n) is 3.22. The Labute approximate surface area is 61.3 Å². The molecular weight excluding hydrogens is 148 g/mol. The molecule has 1 aliphatic rings. The Balaban J connectivity index is 2.39. The quantitative estimate of drug-likeness (QED) is 0.584. The van der Waals surface area contributed by atoms with E-state index >= 15 is 0 Å². The third kappa shape index (κ3) is 0.883. The molecule has 4 heteroatoms. The highest BCUT2D eigenvalue weighted by molar-refractivity contribution is 7.84. The number of rotatable bonds is 0. The summed E-state index contributed by atoms with van der Waals surface area (Å²) in [5.41, 5.74) is 2.30. The van der Waals surface area contributed by atoms with Crippen LogP contribution in [-0.4, -0.2) is 20.2 Å². The summed E-state index contributed by atoms with van der Waals surface area (Å²) in [4.78, 5) is 0. The van der Waals surface area contributed by atoms with E-state index < -0.39 is 10.8 Å². The zero-order chi connectivity index (χ0) is 6.97. The van der Waals surface area contributed by atoms with Crippen LogP contribution in [-0.2, 0) is 23.0 Å². The average Bonchev–Trinajstić information content (AvgIpc) is 2.33. The Morgan fingerprint density at radius 3 is 3.50 bits per heavy atom. The molecule has 1 N–H and O–H groups in total. The van der Waals surface area contributed by atoms with Gasteiger partial charge in [0.2, 0.25) is 0 Å². The molecule has 3 nitrogen and oxygen atoms in total. The van der Waals surface area contributed by atoms with Gasteiger partial charge in [-0.3, -0.25) is 9.31 Å². The number of H-pyrrole nitrogens is 1. The second-order valence-corrected chi connectivity index (χ2v) is 3.99. The maximum Gasteiger partial charge on any atom is 0.0531 e. The van der Waals surface area contributed by atoms with E-state index in [0.29, 0.717) is 5.75 Å². The molecule has 0 unspecified atom stereocenters. The summed E-state index contributed by atoms with van der Waals surface area (Å²) in [6.07, 6.45) is 2.66. The van der Waals surface area contributed by atoms with Gasteiger partial charge in [-0.25, -0.2) is 0 Å². The van der Waals surface area contributed by atoms with Crippen LogP contribution in [0.15, 0.2) is 6.20 Å². The molecule has 0 aliphatic carbocycles. The Morgan fingerprint density at radius 1 is 1.70 bits per heavy atom. The zero-order valence-electron chi connectivity index (χ0n) is 5.46. The van der Waals surface area contributed by atoms with Gasteiger partial charge >= 0.3 is 0 Å². The number of hydrogen-bond acceptors (Lipinski definition) is 2. The monoisotopic (exact) mass is 156 g/mol. The molecule has 1 aromatic heterocycles. The van der Waals surface area contributed by atoms with Crippen molar-refractivity contribution in [3.63, 3.8) is 0 Å². The number of aryl methyl sites for hydroxylation is 1. The van der Waals surface area contributed by atoms with Crippen LogP contribution < -0.4 is 0 Å². The molecule has 0 saturated heterocycles. The number of aromatic nitrogens is 2. The van der Waals surface area contributed by atoms with E-state index in [4.69, 9.17) is 0 Å². The molecule has 0 aromatic carbocycles. The minimum Gasteiger partial charge on any atom is -0.282 e. The minimum absolute atomic E-state index is 0.640. The first-order valence-corrected chi connectivity index (χ1v) is 4.71. The molecule has 0 amide bonds. The van der Waals surface area contributed by atoms with Crippen molar-refractivity contribution in [1.82, 2.24) is 10.2 Å². The highest BCUT2D eigenvalue weighted by Crippen LogP contribution is 2.14. The van der Waals surface area contributed by atoms with Gasteiger partial charge in [-0.15, -0.1) is 0 Å². The minimum atomic E-state index is -0.640. The predicted molar refractivity (Wildman–Crippen MR) is 39.0 cm³/mol. The Bertz CT molecular complexity index is 268. The molecule has 0 spiro atoms. The van der Waals surface area contributed by atoms with Crippen LogP contribution in [0.3, 0.4) is 0 Å². The van der Waals surface area contributed by atoms with E-state index in [0.717, 1.165) is 17.7 Å². The molecule has 2 rings (SSSR count). The number of aromatic amines is 1. The standard InChI is InChI=1S/C6H8N2OS/c9-10-2-1-6-5(4-10)3-7-8-6/h3H,1-2,4H2,(H,7,8)/t10-/m0/s1. The van der Waals surface area contributed by atoms with E-state index in [1.54, 1.807) is 6.20 Å². The second-order valence-electron chi connectivity index (χ2n) is 2.41. The first kappa shape index (κ1) is 6.09. The van der Waals surface area contributed by atoms with Gasteiger partial charge in [0.25, 0.3) is 0 Å². The van der Waals surface area contributed by atoms with Gasteiger partial charge in [-0.1, -0.05) is 0 Å². The molecular formula is C6H8N2OS. The molecule has 0 fully saturated rings. The Hall–Kier alpha value is -0.640. The zero-order valence-corrected chi connectivity index (χ0v) is 6.28. The van der Waals surface area contributed by atoms with Crippen LogP contribution in [0.2, 0.25) is 0 Å². The summed E-state index contributed by atoms with van der Waals surface area (Å²) in [6, 6.07) is 0. The van der Waals surface area contributed by atoms with Gasteiger partial charge in [0.1, 0.15) is 0 Å². The normalized spacial score (nSPS) is 24.2. The van der Waals surface area contributed by atoms with Gasteiger partial charge in [-0.05, 0) is 0 Å². The fourth-order valence-corrected chi connectivity index (χ4v) is 2.31. The fourth-order valence-electron chi connectivity index (χ4n) is 1.14. The van der Waals surface area contributed by atoms with Crippen molar-refractivity contribution in [2.45, 2.75) is 12.2 Å². The van der Waals surface area contributed by atoms with Crippen molar-refractivity contribution in [2.24, 2.45) is 0 Å². The summed E-state index contributed by atoms with van der Waals surface area (Å²) >= 11 is 0. The largest absolute Gasteiger partial charge is 0.282 e. The summed E-state index contributed by atoms with van der Waals surface area (Å²) in [6.45, 7) is 0. The molecule has 2 heterocycles. The maximum atomic E-state index is 11.0. The van der Waals surface area contributed by atoms with Crippen LogP contribution in [0.4, 0.5) is 0 Å². The lowest BCUT2D eigenvalue weighted by Gasteiger charge is -2.08. The summed E-state index contributed by atoms with van der Waals surface area (Å²) in [5, 5.41) is 6.77. The second kappa shape index (κ2) is 2.20. The third-order valence-corrected chi connectivity index (χ3v) is 3.00. The topological polar surface area (TPSA) is 45.8 Å². The van der Waals surface area contributed by atoms with Crippen molar-refractivity contribution in [3.8, 4) is 0 Å². The van der Waals surface area contributed by atoms with Crippen molar-refractivity contribution in [1.29, 1.82) is 0 Å². The van der Waals surface area contributed by atoms with E-state index in [2.05, 4.69) is 10.2 Å². The lowest BCUT2D eigenvalue weighted by atomic mass is 10.2. The Kier molecular flexibility index (Phi) is 1.34. The van der Waals surface area contributed by atoms with E-state index in [9.17, 15) is 4.21 Å². The van der Waals surface area contributed by atoms with Crippen molar-refractivity contribution < 1.29 is 4.21 Å². The lowest BCUT2D eigenvalue weighted by molar-refractivity contribution is 0.679. The Morgan fingerprint density at radius 2 is 2.60 bits per heavy atom. The molecule has 10 heavy (non-hydrogen) atoms. The summed E-state index contributed by atoms with van der Waals surface area (Å²) in [5.74, 6) is 1.47. The van der Waals surface area contributed by atoms with E-state index in [1.807, 2.05) is 0 Å². The number of nitrogens with one attached hydrogen (secondary N) is 1. The molecule has 1 aromatic rings. The van der Waals surface area contributed by atoms with Crippen molar-refractivity contribution >= 4 is 10.8 Å². The smallest absolute Gasteiger partial charge is 0.0531 e. The maximum absolute atomic E-state index is 11.0. The molecule has 1 aliphatic heterocycles. The van der Waals surface area contributed by atoms with Crippen LogP contribution in [0, 0.1) is 0 Å². The van der Waals surface area contributed by atoms with Crippen LogP contribution in [0.5, 0.6) is 0 Å². The van der Waals surface area contributed by atoms with Crippen LogP contribution in [0.1, 0.15) is 11.3 Å². The summed E-state index contributed by atoms with van der Waals surface area (Å²) in [7, 11) is -0.640. The number of nitrogens with zero attached hydrogens (tertiary/aromatic N) is 1. The van der Waals surface area contributed by atoms with Gasteiger partial charge in [0.15, 0.2) is 0 Å². The molecule has 1 atom stereocenters. The third-order valence-electron chi connectivity index (χ3n) is 1.70. The highest BCUT2D eigenvalue weighted by atomic mass is 32.2. The predicted octanol–water partition coefficient (Wildman–Crippen LogP) is 0.215. The van der Waals surface area contributed by atoms with Gasteiger partial charge < -0.3 is 0 Å². The van der Waals surface area contributed by atoms with Crippen LogP contribution >= 0.6 is 0 Å². The summed E-state index contributed by atoms with van der Waals surface area (Å²) < 4.78 is 11.0. The molecule has 54 valence electrons. The average molecular weight is 156 g/mol. The molecule has 0 bridgehead atoms. The number of hydrogen-bond donors (Lipinski definition) is 1. The van der Waals surface area contributed by atoms with E-state index in [-0.39, 0.29) is 0 Å². The highest BCUT2D eigenvalue weighted by Gasteiger charge is 2.14. The van der Waals surface area contributed by atoms with E-state index in [1.165, 1.54) is 5.69 Å². The lowest BCUT2D eigenvalue weighted by Crippen LogP contribution is -2.11. The first-order chi connectivity index (χ1) is 4.86. The van der Waals surface area contributed by atoms with Crippen molar-refractivity contribution in [2.75, 3.05) is 5.75 Å². The molecule has 0 radical (unpaired) electrons. The van der Waals surface area contributed by atoms with Gasteiger partial charge in [-0.2, -0.15) is 5.10 Å². The molecule has 0 saturated carbocycles. The fraction of sp³-hybridized carbons (Fsp3) is 0.500. The SMILES string of the molecule is O=[S@]1CCc2[nH]ncc2C1.